The molecule has 9 nitrogen and oxygen atoms in total. The molecule has 528 valence electrons. The zero-order valence-corrected chi connectivity index (χ0v) is 60.6. The van der Waals surface area contributed by atoms with E-state index in [1.54, 1.807) is 5.57 Å². The average molecular weight is 1280 g/mol. The second-order valence-corrected chi connectivity index (χ2v) is 29.4. The van der Waals surface area contributed by atoms with Crippen LogP contribution in [0.25, 0.3) is 0 Å². The van der Waals surface area contributed by atoms with Crippen molar-refractivity contribution in [3.63, 3.8) is 0 Å². The molecule has 0 N–H and O–H groups in total. The van der Waals surface area contributed by atoms with Gasteiger partial charge in [0, 0.05) is 31.1 Å². The summed E-state index contributed by atoms with van der Waals surface area (Å²) in [7, 11) is 0. The minimum atomic E-state index is -0.816. The van der Waals surface area contributed by atoms with Gasteiger partial charge in [0.1, 0.15) is 19.3 Å². The summed E-state index contributed by atoms with van der Waals surface area (Å²) in [5, 5.41) is 0. The molecule has 0 aliphatic heterocycles. The fourth-order valence-electron chi connectivity index (χ4n) is 15.8. The van der Waals surface area contributed by atoms with Crippen LogP contribution >= 0.6 is 0 Å². The SMILES string of the molecule is CCCCC/C=C\C(/C=C\CCCCCCCC(=O)OCC(COC(=O)CCCCCCC/C=C\CCCCCCCC)OC(=O)CCCCCCC/C=C\CCCCCCCC)OC1C=C2CC[C@H]3[C@@H]4CC[C@H](OC(=O)CCCCCC)[C@@]4(C)CC[C@@H]3[C@@]2(C)CC1. The first-order chi connectivity index (χ1) is 45.0. The number of ether oxygens (including phenoxy) is 5. The Kier molecular flexibility index (Phi) is 45.6. The van der Waals surface area contributed by atoms with E-state index in [0.29, 0.717) is 43.4 Å². The van der Waals surface area contributed by atoms with Crippen LogP contribution in [0.15, 0.2) is 60.3 Å². The molecule has 0 spiro atoms. The van der Waals surface area contributed by atoms with Crippen LogP contribution in [0.5, 0.6) is 0 Å². The lowest BCUT2D eigenvalue weighted by Gasteiger charge is -2.58. The van der Waals surface area contributed by atoms with E-state index in [1.165, 1.54) is 167 Å². The average Bonchev–Trinajstić information content (AvgIpc) is 1.33. The molecule has 0 radical (unpaired) electrons. The normalized spacial score (nSPS) is 22.8. The molecule has 0 heterocycles. The maximum atomic E-state index is 13.1. The number of rotatable bonds is 57. The molecule has 4 aliphatic carbocycles. The van der Waals surface area contributed by atoms with Crippen molar-refractivity contribution >= 4 is 23.9 Å². The summed E-state index contributed by atoms with van der Waals surface area (Å²) in [5.74, 6) is 1.15. The number of carbonyl (C=O) groups excluding carboxylic acids is 4. The molecule has 0 bridgehead atoms. The Morgan fingerprint density at radius 1 is 0.435 bits per heavy atom. The van der Waals surface area contributed by atoms with Crippen LogP contribution in [0.2, 0.25) is 0 Å². The number of fused-ring (bicyclic) bond motifs is 5. The minimum Gasteiger partial charge on any atom is -0.462 e. The number of allylic oxidation sites excluding steroid dienone is 7. The van der Waals surface area contributed by atoms with Crippen molar-refractivity contribution in [2.75, 3.05) is 13.2 Å². The summed E-state index contributed by atoms with van der Waals surface area (Å²) in [5.41, 5.74) is 1.97. The topological polar surface area (TPSA) is 114 Å². The summed E-state index contributed by atoms with van der Waals surface area (Å²) in [6.07, 6.45) is 77.4. The predicted octanol–water partition coefficient (Wildman–Crippen LogP) is 24.1. The zero-order chi connectivity index (χ0) is 66.0. The maximum absolute atomic E-state index is 13.1. The quantitative estimate of drug-likeness (QED) is 0.0254. The number of carbonyl (C=O) groups is 4. The molecule has 0 aromatic heterocycles. The van der Waals surface area contributed by atoms with Crippen molar-refractivity contribution in [2.45, 2.75) is 400 Å². The molecular weight excluding hydrogens is 1140 g/mol. The van der Waals surface area contributed by atoms with E-state index in [4.69, 9.17) is 23.7 Å². The first kappa shape index (κ1) is 81.0. The van der Waals surface area contributed by atoms with Gasteiger partial charge in [-0.2, -0.15) is 0 Å². The standard InChI is InChI=1S/C83H142O9/c1-7-11-15-19-21-23-25-27-29-31-33-35-39-44-50-55-78(84)88-68-73(91-80(86)57-52-46-40-36-34-32-30-28-26-24-22-20-16-12-8-2)69-89-79(85)56-51-45-41-37-38-43-48-54-71(53-47-42-17-13-9-3)90-72-63-65-82(5)70(67-72)59-60-74-75-61-62-77(83(75,6)66-64-76(74)82)92-81(87)58-49-18-14-10-4/h27-30,47-48,53-54,67,71-77H,7-26,31-46,49-52,55-66,68-69H2,1-6H3/b29-27-,30-28-,53-47-,54-48-/t71?,72?,73?,74-,75-,76-,77-,82-,83-/m0/s1. The van der Waals surface area contributed by atoms with Gasteiger partial charge in [-0.25, -0.2) is 0 Å². The molecule has 9 atom stereocenters. The minimum absolute atomic E-state index is 0.0305. The van der Waals surface area contributed by atoms with Crippen LogP contribution < -0.4 is 0 Å². The van der Waals surface area contributed by atoms with E-state index in [0.717, 1.165) is 141 Å². The van der Waals surface area contributed by atoms with Gasteiger partial charge in [0.2, 0.25) is 0 Å². The number of hydrogen-bond acceptors (Lipinski definition) is 9. The van der Waals surface area contributed by atoms with Crippen LogP contribution in [0.1, 0.15) is 375 Å². The lowest BCUT2D eigenvalue weighted by atomic mass is 9.47. The number of esters is 4. The molecule has 0 saturated heterocycles. The van der Waals surface area contributed by atoms with E-state index in [-0.39, 0.29) is 66.2 Å². The molecule has 92 heavy (non-hydrogen) atoms. The van der Waals surface area contributed by atoms with E-state index >= 15 is 0 Å². The molecule has 3 saturated carbocycles. The highest BCUT2D eigenvalue weighted by atomic mass is 16.6. The first-order valence-electron chi connectivity index (χ1n) is 39.7. The molecule has 3 fully saturated rings. The maximum Gasteiger partial charge on any atom is 0.306 e. The van der Waals surface area contributed by atoms with Crippen molar-refractivity contribution < 1.29 is 42.9 Å². The van der Waals surface area contributed by atoms with Gasteiger partial charge in [-0.1, -0.05) is 256 Å². The van der Waals surface area contributed by atoms with Gasteiger partial charge in [0.05, 0.1) is 12.2 Å². The van der Waals surface area contributed by atoms with Crippen LogP contribution in [0.3, 0.4) is 0 Å². The molecule has 0 amide bonds. The molecule has 0 aromatic carbocycles. The lowest BCUT2D eigenvalue weighted by molar-refractivity contribution is -0.167. The molecule has 3 unspecified atom stereocenters. The van der Waals surface area contributed by atoms with E-state index in [2.05, 4.69) is 96.2 Å². The smallest absolute Gasteiger partial charge is 0.306 e. The Labute approximate surface area is 565 Å². The number of unbranched alkanes of at least 4 members (excludes halogenated alkanes) is 33. The van der Waals surface area contributed by atoms with Crippen LogP contribution in [0.4, 0.5) is 0 Å². The Bertz CT molecular complexity index is 2070. The van der Waals surface area contributed by atoms with Crippen molar-refractivity contribution in [1.29, 1.82) is 0 Å². The second kappa shape index (κ2) is 51.8. The van der Waals surface area contributed by atoms with Crippen molar-refractivity contribution in [3.8, 4) is 0 Å². The Morgan fingerprint density at radius 3 is 1.33 bits per heavy atom. The molecule has 9 heteroatoms. The van der Waals surface area contributed by atoms with E-state index in [9.17, 15) is 19.2 Å². The molecule has 0 aromatic rings. The third kappa shape index (κ3) is 34.5. The summed E-state index contributed by atoms with van der Waals surface area (Å²) in [6.45, 7) is 13.8. The predicted molar refractivity (Wildman–Crippen MR) is 384 cm³/mol. The van der Waals surface area contributed by atoms with Crippen LogP contribution in [-0.2, 0) is 42.9 Å². The molecule has 4 rings (SSSR count). The summed E-state index contributed by atoms with van der Waals surface area (Å²) >= 11 is 0. The van der Waals surface area contributed by atoms with Gasteiger partial charge < -0.3 is 23.7 Å². The third-order valence-corrected chi connectivity index (χ3v) is 21.6. The first-order valence-corrected chi connectivity index (χ1v) is 39.7. The fourth-order valence-corrected chi connectivity index (χ4v) is 15.8. The van der Waals surface area contributed by atoms with Gasteiger partial charge in [-0.15, -0.1) is 0 Å². The Balaban J connectivity index is 1.15. The van der Waals surface area contributed by atoms with Gasteiger partial charge in [-0.05, 0) is 177 Å². The van der Waals surface area contributed by atoms with Crippen LogP contribution in [0, 0.1) is 28.6 Å². The van der Waals surface area contributed by atoms with Crippen molar-refractivity contribution in [1.82, 2.24) is 0 Å². The fraction of sp³-hybridized carbons (Fsp3) is 0.831. The summed E-state index contributed by atoms with van der Waals surface area (Å²) in [6, 6.07) is 0. The Hall–Kier alpha value is -3.46. The number of hydrogen-bond donors (Lipinski definition) is 0. The van der Waals surface area contributed by atoms with Gasteiger partial charge >= 0.3 is 23.9 Å². The van der Waals surface area contributed by atoms with Crippen molar-refractivity contribution in [3.05, 3.63) is 60.3 Å². The third-order valence-electron chi connectivity index (χ3n) is 21.6. The van der Waals surface area contributed by atoms with E-state index < -0.39 is 6.10 Å². The monoisotopic (exact) mass is 1280 g/mol. The second-order valence-electron chi connectivity index (χ2n) is 29.4. The largest absolute Gasteiger partial charge is 0.462 e. The Morgan fingerprint density at radius 2 is 0.837 bits per heavy atom. The highest BCUT2D eigenvalue weighted by Crippen LogP contribution is 2.66. The highest BCUT2D eigenvalue weighted by molar-refractivity contribution is 5.71. The van der Waals surface area contributed by atoms with E-state index in [1.807, 2.05) is 0 Å². The van der Waals surface area contributed by atoms with Crippen molar-refractivity contribution in [2.24, 2.45) is 28.6 Å². The zero-order valence-electron chi connectivity index (χ0n) is 60.6. The molecule has 4 aliphatic rings. The highest BCUT2D eigenvalue weighted by Gasteiger charge is 2.60. The van der Waals surface area contributed by atoms with Gasteiger partial charge in [-0.3, -0.25) is 19.2 Å². The summed E-state index contributed by atoms with van der Waals surface area (Å²) < 4.78 is 30.4. The van der Waals surface area contributed by atoms with Gasteiger partial charge in [0.15, 0.2) is 6.10 Å². The summed E-state index contributed by atoms with van der Waals surface area (Å²) in [4.78, 5) is 51.9. The van der Waals surface area contributed by atoms with Crippen LogP contribution in [-0.4, -0.2) is 61.5 Å². The molecular formula is C83H142O9. The lowest BCUT2D eigenvalue weighted by Crippen LogP contribution is -2.52. The van der Waals surface area contributed by atoms with Gasteiger partial charge in [0.25, 0.3) is 0 Å².